The number of nitrogens with one attached hydrogen (secondary N) is 1. The number of rotatable bonds is 8. The third-order valence-electron chi connectivity index (χ3n) is 3.57. The van der Waals surface area contributed by atoms with Crippen molar-refractivity contribution in [1.82, 2.24) is 5.32 Å². The zero-order valence-corrected chi connectivity index (χ0v) is 12.5. The van der Waals surface area contributed by atoms with Crippen molar-refractivity contribution in [3.8, 4) is 0 Å². The van der Waals surface area contributed by atoms with Crippen LogP contribution < -0.4 is 5.32 Å². The van der Waals surface area contributed by atoms with Gasteiger partial charge in [0.2, 0.25) is 5.91 Å². The van der Waals surface area contributed by atoms with Crippen molar-refractivity contribution in [2.45, 2.75) is 32.1 Å². The van der Waals surface area contributed by atoms with E-state index in [9.17, 15) is 9.59 Å². The van der Waals surface area contributed by atoms with Crippen LogP contribution in [-0.4, -0.2) is 23.5 Å². The van der Waals surface area contributed by atoms with Gasteiger partial charge >= 0.3 is 5.97 Å². The van der Waals surface area contributed by atoms with E-state index in [4.69, 9.17) is 5.11 Å². The van der Waals surface area contributed by atoms with Gasteiger partial charge in [0.05, 0.1) is 0 Å². The first-order valence-electron chi connectivity index (χ1n) is 7.61. The van der Waals surface area contributed by atoms with Crippen LogP contribution in [0.4, 0.5) is 0 Å². The zero-order chi connectivity index (χ0) is 15.8. The maximum absolute atomic E-state index is 11.6. The van der Waals surface area contributed by atoms with Crippen molar-refractivity contribution >= 4 is 22.6 Å². The lowest BCUT2D eigenvalue weighted by atomic mass is 10.0. The fourth-order valence-corrected chi connectivity index (χ4v) is 2.40. The van der Waals surface area contributed by atoms with Gasteiger partial charge in [-0.1, -0.05) is 42.5 Å². The number of carboxylic acids is 1. The van der Waals surface area contributed by atoms with Crippen molar-refractivity contribution in [3.05, 3.63) is 48.0 Å². The quantitative estimate of drug-likeness (QED) is 0.736. The molecule has 0 unspecified atom stereocenters. The van der Waals surface area contributed by atoms with Crippen LogP contribution >= 0.6 is 0 Å². The fraction of sp³-hybridized carbons (Fsp3) is 0.333. The Morgan fingerprint density at radius 2 is 1.73 bits per heavy atom. The van der Waals surface area contributed by atoms with Crippen molar-refractivity contribution in [2.24, 2.45) is 0 Å². The average Bonchev–Trinajstić information content (AvgIpc) is 2.51. The summed E-state index contributed by atoms with van der Waals surface area (Å²) in [5, 5.41) is 13.7. The van der Waals surface area contributed by atoms with Crippen LogP contribution in [0.15, 0.2) is 42.5 Å². The second-order valence-electron chi connectivity index (χ2n) is 5.38. The summed E-state index contributed by atoms with van der Waals surface area (Å²) in [5.74, 6) is -0.836. The number of aryl methyl sites for hydroxylation is 1. The van der Waals surface area contributed by atoms with E-state index in [0.29, 0.717) is 19.4 Å². The monoisotopic (exact) mass is 299 g/mol. The van der Waals surface area contributed by atoms with Gasteiger partial charge in [-0.15, -0.1) is 0 Å². The highest BCUT2D eigenvalue weighted by Crippen LogP contribution is 2.16. The van der Waals surface area contributed by atoms with Crippen LogP contribution in [0.25, 0.3) is 10.8 Å². The molecule has 2 N–H and O–H groups in total. The summed E-state index contributed by atoms with van der Waals surface area (Å²) < 4.78 is 0. The van der Waals surface area contributed by atoms with Crippen LogP contribution in [0.5, 0.6) is 0 Å². The number of benzene rings is 2. The van der Waals surface area contributed by atoms with Crippen LogP contribution in [0.3, 0.4) is 0 Å². The maximum atomic E-state index is 11.6. The zero-order valence-electron chi connectivity index (χ0n) is 12.5. The minimum Gasteiger partial charge on any atom is -0.481 e. The highest BCUT2D eigenvalue weighted by molar-refractivity contribution is 5.83. The van der Waals surface area contributed by atoms with Gasteiger partial charge in [-0.25, -0.2) is 0 Å². The van der Waals surface area contributed by atoms with E-state index in [1.807, 2.05) is 12.1 Å². The first-order chi connectivity index (χ1) is 10.6. The summed E-state index contributed by atoms with van der Waals surface area (Å²) in [6.45, 7) is 0.432. The smallest absolute Gasteiger partial charge is 0.303 e. The third kappa shape index (κ3) is 5.20. The summed E-state index contributed by atoms with van der Waals surface area (Å²) >= 11 is 0. The molecule has 22 heavy (non-hydrogen) atoms. The SMILES string of the molecule is O=C(O)CCCNC(=O)CCCc1ccc2ccccc2c1. The van der Waals surface area contributed by atoms with Crippen LogP contribution in [0.1, 0.15) is 31.2 Å². The molecular formula is C18H21NO3. The second-order valence-corrected chi connectivity index (χ2v) is 5.38. The molecular weight excluding hydrogens is 278 g/mol. The van der Waals surface area contributed by atoms with Gasteiger partial charge in [0, 0.05) is 19.4 Å². The van der Waals surface area contributed by atoms with E-state index in [2.05, 4.69) is 35.6 Å². The van der Waals surface area contributed by atoms with Crippen molar-refractivity contribution in [2.75, 3.05) is 6.54 Å². The predicted octanol–water partition coefficient (Wildman–Crippen LogP) is 3.14. The van der Waals surface area contributed by atoms with Crippen LogP contribution in [0, 0.1) is 0 Å². The second kappa shape index (κ2) is 8.17. The number of hydrogen-bond donors (Lipinski definition) is 2. The molecule has 0 heterocycles. The van der Waals surface area contributed by atoms with Crippen molar-refractivity contribution in [3.63, 3.8) is 0 Å². The van der Waals surface area contributed by atoms with Gasteiger partial charge in [0.1, 0.15) is 0 Å². The molecule has 0 bridgehead atoms. The topological polar surface area (TPSA) is 66.4 Å². The van der Waals surface area contributed by atoms with Gasteiger partial charge in [0.15, 0.2) is 0 Å². The van der Waals surface area contributed by atoms with Crippen LogP contribution in [0.2, 0.25) is 0 Å². The van der Waals surface area contributed by atoms with Crippen LogP contribution in [-0.2, 0) is 16.0 Å². The van der Waals surface area contributed by atoms with E-state index in [1.165, 1.54) is 16.3 Å². The predicted molar refractivity (Wildman–Crippen MR) is 86.8 cm³/mol. The number of hydrogen-bond acceptors (Lipinski definition) is 2. The molecule has 1 amide bonds. The Morgan fingerprint density at radius 1 is 0.955 bits per heavy atom. The highest BCUT2D eigenvalue weighted by atomic mass is 16.4. The van der Waals surface area contributed by atoms with E-state index >= 15 is 0 Å². The summed E-state index contributed by atoms with van der Waals surface area (Å²) in [6, 6.07) is 14.6. The maximum Gasteiger partial charge on any atom is 0.303 e. The summed E-state index contributed by atoms with van der Waals surface area (Å²) in [7, 11) is 0. The van der Waals surface area contributed by atoms with E-state index in [0.717, 1.165) is 12.8 Å². The number of carbonyl (C=O) groups is 2. The third-order valence-corrected chi connectivity index (χ3v) is 3.57. The molecule has 0 radical (unpaired) electrons. The Morgan fingerprint density at radius 3 is 2.50 bits per heavy atom. The van der Waals surface area contributed by atoms with E-state index in [-0.39, 0.29) is 12.3 Å². The molecule has 4 nitrogen and oxygen atoms in total. The molecule has 0 aliphatic carbocycles. The normalized spacial score (nSPS) is 10.5. The highest BCUT2D eigenvalue weighted by Gasteiger charge is 2.03. The molecule has 0 atom stereocenters. The molecule has 0 aromatic heterocycles. The standard InChI is InChI=1S/C18H21NO3/c20-17(19-12-4-9-18(21)22)8-3-5-14-10-11-15-6-1-2-7-16(15)13-14/h1-2,6-7,10-11,13H,3-5,8-9,12H2,(H,19,20)(H,21,22). The Bertz CT molecular complexity index is 652. The number of fused-ring (bicyclic) bond motifs is 1. The number of carbonyl (C=O) groups excluding carboxylic acids is 1. The first kappa shape index (κ1) is 16.0. The Kier molecular flexibility index (Phi) is 5.95. The molecule has 0 saturated carbocycles. The largest absolute Gasteiger partial charge is 0.481 e. The van der Waals surface area contributed by atoms with E-state index in [1.54, 1.807) is 0 Å². The summed E-state index contributed by atoms with van der Waals surface area (Å²) in [5.41, 5.74) is 1.23. The fourth-order valence-electron chi connectivity index (χ4n) is 2.40. The number of aliphatic carboxylic acids is 1. The summed E-state index contributed by atoms with van der Waals surface area (Å²) in [6.07, 6.45) is 2.71. The van der Waals surface area contributed by atoms with Gasteiger partial charge in [-0.05, 0) is 35.6 Å². The molecule has 0 saturated heterocycles. The Labute approximate surface area is 130 Å². The average molecular weight is 299 g/mol. The molecule has 2 aromatic rings. The van der Waals surface area contributed by atoms with Crippen molar-refractivity contribution < 1.29 is 14.7 Å². The first-order valence-corrected chi connectivity index (χ1v) is 7.61. The lowest BCUT2D eigenvalue weighted by Gasteiger charge is -2.05. The number of amides is 1. The van der Waals surface area contributed by atoms with Crippen molar-refractivity contribution in [1.29, 1.82) is 0 Å². The van der Waals surface area contributed by atoms with E-state index < -0.39 is 5.97 Å². The minimum absolute atomic E-state index is 0.00817. The van der Waals surface area contributed by atoms with Gasteiger partial charge in [-0.3, -0.25) is 9.59 Å². The summed E-state index contributed by atoms with van der Waals surface area (Å²) in [4.78, 5) is 22.0. The Hall–Kier alpha value is -2.36. The minimum atomic E-state index is -0.828. The number of carboxylic acid groups (broad SMARTS) is 1. The van der Waals surface area contributed by atoms with Gasteiger partial charge in [0.25, 0.3) is 0 Å². The van der Waals surface area contributed by atoms with Gasteiger partial charge < -0.3 is 10.4 Å². The molecule has 0 aliphatic rings. The lowest BCUT2D eigenvalue weighted by molar-refractivity contribution is -0.137. The molecule has 0 spiro atoms. The molecule has 2 aromatic carbocycles. The molecule has 0 aliphatic heterocycles. The molecule has 0 fully saturated rings. The molecule has 116 valence electrons. The Balaban J connectivity index is 1.70. The molecule has 4 heteroatoms. The molecule has 2 rings (SSSR count). The lowest BCUT2D eigenvalue weighted by Crippen LogP contribution is -2.24. The van der Waals surface area contributed by atoms with Gasteiger partial charge in [-0.2, -0.15) is 0 Å².